The second kappa shape index (κ2) is 6.23. The first-order valence-electron chi connectivity index (χ1n) is 7.63. The van der Waals surface area contributed by atoms with Gasteiger partial charge in [-0.1, -0.05) is 0 Å². The monoisotopic (exact) mass is 328 g/mol. The Morgan fingerprint density at radius 1 is 1.14 bits per heavy atom. The third kappa shape index (κ3) is 3.48. The van der Waals surface area contributed by atoms with Crippen LogP contribution in [0.4, 0.5) is 4.39 Å². The Hall–Kier alpha value is -1.02. The molecular formula is C15H21FN2O3S. The summed E-state index contributed by atoms with van der Waals surface area (Å²) in [5.41, 5.74) is 0. The Morgan fingerprint density at radius 2 is 1.73 bits per heavy atom. The van der Waals surface area contributed by atoms with Gasteiger partial charge >= 0.3 is 0 Å². The van der Waals surface area contributed by atoms with Crippen molar-refractivity contribution in [2.24, 2.45) is 5.92 Å². The average molecular weight is 328 g/mol. The van der Waals surface area contributed by atoms with E-state index in [9.17, 15) is 17.9 Å². The zero-order chi connectivity index (χ0) is 15.7. The van der Waals surface area contributed by atoms with Gasteiger partial charge in [-0.2, -0.15) is 4.31 Å². The van der Waals surface area contributed by atoms with E-state index < -0.39 is 15.8 Å². The molecule has 1 saturated carbocycles. The lowest BCUT2D eigenvalue weighted by Crippen LogP contribution is -2.50. The maximum atomic E-state index is 12.9. The van der Waals surface area contributed by atoms with Gasteiger partial charge in [0.2, 0.25) is 10.0 Å². The van der Waals surface area contributed by atoms with E-state index in [1.165, 1.54) is 16.4 Å². The maximum Gasteiger partial charge on any atom is 0.243 e. The molecule has 1 aromatic carbocycles. The van der Waals surface area contributed by atoms with Crippen LogP contribution in [0, 0.1) is 11.7 Å². The maximum absolute atomic E-state index is 12.9. The molecule has 1 atom stereocenters. The van der Waals surface area contributed by atoms with Crippen LogP contribution in [0.2, 0.25) is 0 Å². The van der Waals surface area contributed by atoms with E-state index in [0.29, 0.717) is 38.6 Å². The van der Waals surface area contributed by atoms with Gasteiger partial charge in [0.05, 0.1) is 11.0 Å². The van der Waals surface area contributed by atoms with Crippen LogP contribution in [0.15, 0.2) is 29.2 Å². The highest BCUT2D eigenvalue weighted by molar-refractivity contribution is 7.89. The van der Waals surface area contributed by atoms with Crippen LogP contribution in [-0.4, -0.2) is 61.6 Å². The first kappa shape index (κ1) is 15.9. The van der Waals surface area contributed by atoms with Crippen LogP contribution in [-0.2, 0) is 10.0 Å². The molecule has 2 fully saturated rings. The molecular weight excluding hydrogens is 307 g/mol. The van der Waals surface area contributed by atoms with Crippen molar-refractivity contribution in [3.05, 3.63) is 30.1 Å². The average Bonchev–Trinajstić information content (AvgIpc) is 3.33. The first-order valence-corrected chi connectivity index (χ1v) is 9.07. The highest BCUT2D eigenvalue weighted by Crippen LogP contribution is 2.33. The van der Waals surface area contributed by atoms with Crippen molar-refractivity contribution < 1.29 is 17.9 Å². The van der Waals surface area contributed by atoms with Gasteiger partial charge in [0.25, 0.3) is 0 Å². The van der Waals surface area contributed by atoms with Gasteiger partial charge in [-0.25, -0.2) is 12.8 Å². The lowest BCUT2D eigenvalue weighted by Gasteiger charge is -2.34. The summed E-state index contributed by atoms with van der Waals surface area (Å²) in [7, 11) is -3.56. The van der Waals surface area contributed by atoms with Crippen molar-refractivity contribution in [1.29, 1.82) is 0 Å². The van der Waals surface area contributed by atoms with Gasteiger partial charge in [-0.3, -0.25) is 4.90 Å². The number of hydrogen-bond donors (Lipinski definition) is 1. The Labute approximate surface area is 130 Å². The molecule has 1 heterocycles. The van der Waals surface area contributed by atoms with E-state index in [0.717, 1.165) is 25.0 Å². The summed E-state index contributed by atoms with van der Waals surface area (Å²) in [5, 5.41) is 9.96. The quantitative estimate of drug-likeness (QED) is 0.872. The summed E-state index contributed by atoms with van der Waals surface area (Å²) in [6.07, 6.45) is 1.90. The molecule has 0 amide bonds. The zero-order valence-corrected chi connectivity index (χ0v) is 13.2. The van der Waals surface area contributed by atoms with Crippen LogP contribution < -0.4 is 0 Å². The predicted octanol–water partition coefficient (Wildman–Crippen LogP) is 0.903. The number of β-amino-alcohol motifs (C(OH)–C–C–N with tert-alkyl or cyclic N) is 1. The molecule has 122 valence electrons. The number of sulfonamides is 1. The number of piperazine rings is 1. The SMILES string of the molecule is O=S(=O)(c1ccc(F)cc1)N1CCN(CC(O)C2CC2)CC1. The van der Waals surface area contributed by atoms with Crippen LogP contribution in [0.5, 0.6) is 0 Å². The largest absolute Gasteiger partial charge is 0.392 e. The molecule has 1 unspecified atom stereocenters. The van der Waals surface area contributed by atoms with Crippen LogP contribution in [0.25, 0.3) is 0 Å². The highest BCUT2D eigenvalue weighted by Gasteiger charge is 2.33. The molecule has 5 nitrogen and oxygen atoms in total. The van der Waals surface area contributed by atoms with Crippen molar-refractivity contribution in [3.63, 3.8) is 0 Å². The van der Waals surface area contributed by atoms with Crippen LogP contribution >= 0.6 is 0 Å². The Balaban J connectivity index is 1.59. The molecule has 22 heavy (non-hydrogen) atoms. The second-order valence-corrected chi connectivity index (χ2v) is 8.00. The zero-order valence-electron chi connectivity index (χ0n) is 12.4. The van der Waals surface area contributed by atoms with Crippen molar-refractivity contribution in [2.75, 3.05) is 32.7 Å². The summed E-state index contributed by atoms with van der Waals surface area (Å²) in [5.74, 6) is -0.0150. The number of hydrogen-bond acceptors (Lipinski definition) is 4. The van der Waals surface area contributed by atoms with Crippen molar-refractivity contribution in [2.45, 2.75) is 23.8 Å². The van der Waals surface area contributed by atoms with E-state index in [-0.39, 0.29) is 11.0 Å². The molecule has 0 radical (unpaired) electrons. The van der Waals surface area contributed by atoms with Gasteiger partial charge in [-0.05, 0) is 43.0 Å². The van der Waals surface area contributed by atoms with Crippen LogP contribution in [0.1, 0.15) is 12.8 Å². The molecule has 1 aliphatic carbocycles. The molecule has 0 spiro atoms. The van der Waals surface area contributed by atoms with E-state index >= 15 is 0 Å². The fraction of sp³-hybridized carbons (Fsp3) is 0.600. The number of halogens is 1. The molecule has 1 N–H and O–H groups in total. The van der Waals surface area contributed by atoms with E-state index in [1.54, 1.807) is 0 Å². The molecule has 0 bridgehead atoms. The molecule has 1 aromatic rings. The third-order valence-corrected chi connectivity index (χ3v) is 6.31. The van der Waals surface area contributed by atoms with Gasteiger partial charge in [-0.15, -0.1) is 0 Å². The molecule has 0 aromatic heterocycles. The molecule has 1 saturated heterocycles. The Kier molecular flexibility index (Phi) is 4.49. The minimum Gasteiger partial charge on any atom is -0.392 e. The summed E-state index contributed by atoms with van der Waals surface area (Å²) in [6, 6.07) is 4.92. The third-order valence-electron chi connectivity index (χ3n) is 4.39. The fourth-order valence-electron chi connectivity index (χ4n) is 2.80. The summed E-state index contributed by atoms with van der Waals surface area (Å²) >= 11 is 0. The van der Waals surface area contributed by atoms with Crippen molar-refractivity contribution >= 4 is 10.0 Å². The van der Waals surface area contributed by atoms with E-state index in [1.807, 2.05) is 0 Å². The fourth-order valence-corrected chi connectivity index (χ4v) is 4.22. The Morgan fingerprint density at radius 3 is 2.27 bits per heavy atom. The molecule has 7 heteroatoms. The van der Waals surface area contributed by atoms with E-state index in [4.69, 9.17) is 0 Å². The Bertz CT molecular complexity index is 608. The summed E-state index contributed by atoms with van der Waals surface area (Å²) in [4.78, 5) is 2.24. The van der Waals surface area contributed by atoms with Crippen LogP contribution in [0.3, 0.4) is 0 Å². The summed E-state index contributed by atoms with van der Waals surface area (Å²) < 4.78 is 39.3. The van der Waals surface area contributed by atoms with Gasteiger partial charge in [0.1, 0.15) is 5.82 Å². The number of rotatable bonds is 5. The number of aliphatic hydroxyl groups excluding tert-OH is 1. The lowest BCUT2D eigenvalue weighted by atomic mass is 10.2. The van der Waals surface area contributed by atoms with Gasteiger partial charge < -0.3 is 5.11 Å². The van der Waals surface area contributed by atoms with Crippen molar-refractivity contribution in [3.8, 4) is 0 Å². The minimum absolute atomic E-state index is 0.125. The van der Waals surface area contributed by atoms with Gasteiger partial charge in [0, 0.05) is 32.7 Å². The second-order valence-electron chi connectivity index (χ2n) is 6.06. The molecule has 3 rings (SSSR count). The number of benzene rings is 1. The van der Waals surface area contributed by atoms with Gasteiger partial charge in [0.15, 0.2) is 0 Å². The van der Waals surface area contributed by atoms with Crippen molar-refractivity contribution in [1.82, 2.24) is 9.21 Å². The highest BCUT2D eigenvalue weighted by atomic mass is 32.2. The van der Waals surface area contributed by atoms with E-state index in [2.05, 4.69) is 4.90 Å². The standard InChI is InChI=1S/C15H21FN2O3S/c16-13-3-5-14(6-4-13)22(20,21)18-9-7-17(8-10-18)11-15(19)12-1-2-12/h3-6,12,15,19H,1-2,7-11H2. The lowest BCUT2D eigenvalue weighted by molar-refractivity contribution is 0.0782. The summed E-state index contributed by atoms with van der Waals surface area (Å²) in [6.45, 7) is 2.65. The first-order chi connectivity index (χ1) is 10.5. The molecule has 1 aliphatic heterocycles. The topological polar surface area (TPSA) is 60.9 Å². The molecule has 2 aliphatic rings. The minimum atomic E-state index is -3.56. The smallest absolute Gasteiger partial charge is 0.243 e. The number of aliphatic hydroxyl groups is 1. The predicted molar refractivity (Wildman–Crippen MR) is 80.3 cm³/mol. The normalized spacial score (nSPS) is 22.6. The number of nitrogens with zero attached hydrogens (tertiary/aromatic N) is 2.